The lowest BCUT2D eigenvalue weighted by Crippen LogP contribution is -2.25. The van der Waals surface area contributed by atoms with Gasteiger partial charge in [0.15, 0.2) is 0 Å². The Morgan fingerprint density at radius 2 is 2.38 bits per heavy atom. The number of pyridine rings is 1. The highest BCUT2D eigenvalue weighted by Crippen LogP contribution is 2.33. The van der Waals surface area contributed by atoms with Gasteiger partial charge in [-0.15, -0.1) is 0 Å². The number of nitrogen functional groups attached to an aromatic ring is 1. The lowest BCUT2D eigenvalue weighted by molar-refractivity contribution is 0.0948. The highest BCUT2D eigenvalue weighted by molar-refractivity contribution is 5.92. The molecule has 0 aromatic carbocycles. The van der Waals surface area contributed by atoms with E-state index in [-0.39, 0.29) is 5.91 Å². The van der Waals surface area contributed by atoms with E-state index in [2.05, 4.69) is 10.3 Å². The zero-order valence-electron chi connectivity index (χ0n) is 9.28. The van der Waals surface area contributed by atoms with Crippen molar-refractivity contribution in [3.63, 3.8) is 0 Å². The topological polar surface area (TPSA) is 68.0 Å². The molecule has 1 fully saturated rings. The average molecular weight is 219 g/mol. The molecule has 86 valence electrons. The number of amides is 1. The average Bonchev–Trinajstić information content (AvgIpc) is 3.08. The number of rotatable bonds is 5. The number of hydrogen-bond acceptors (Lipinski definition) is 3. The number of aromatic nitrogens is 1. The quantitative estimate of drug-likeness (QED) is 0.739. The molecule has 0 atom stereocenters. The van der Waals surface area contributed by atoms with Gasteiger partial charge in [0.25, 0.3) is 5.91 Å². The van der Waals surface area contributed by atoms with Crippen molar-refractivity contribution < 1.29 is 4.79 Å². The summed E-state index contributed by atoms with van der Waals surface area (Å²) in [5.41, 5.74) is 6.54. The summed E-state index contributed by atoms with van der Waals surface area (Å²) < 4.78 is 0. The van der Waals surface area contributed by atoms with Crippen LogP contribution < -0.4 is 11.1 Å². The van der Waals surface area contributed by atoms with Crippen LogP contribution in [0, 0.1) is 5.92 Å². The van der Waals surface area contributed by atoms with Gasteiger partial charge in [0.1, 0.15) is 5.69 Å². The van der Waals surface area contributed by atoms with Gasteiger partial charge in [-0.3, -0.25) is 9.78 Å². The number of anilines is 1. The van der Waals surface area contributed by atoms with Gasteiger partial charge in [0.2, 0.25) is 0 Å². The monoisotopic (exact) mass is 219 g/mol. The molecular formula is C12H17N3O. The Labute approximate surface area is 95.3 Å². The second-order valence-corrected chi connectivity index (χ2v) is 4.32. The molecule has 0 aliphatic heterocycles. The second-order valence-electron chi connectivity index (χ2n) is 4.32. The SMILES string of the molecule is Nc1ccnc(C(=O)NCCCC2CC2)c1. The number of carbonyl (C=O) groups is 1. The van der Waals surface area contributed by atoms with Crippen LogP contribution in [0.3, 0.4) is 0 Å². The zero-order valence-corrected chi connectivity index (χ0v) is 9.28. The third kappa shape index (κ3) is 3.22. The highest BCUT2D eigenvalue weighted by atomic mass is 16.1. The van der Waals surface area contributed by atoms with Crippen molar-refractivity contribution in [1.82, 2.24) is 10.3 Å². The normalized spacial score (nSPS) is 14.8. The van der Waals surface area contributed by atoms with E-state index in [9.17, 15) is 4.79 Å². The van der Waals surface area contributed by atoms with Gasteiger partial charge >= 0.3 is 0 Å². The summed E-state index contributed by atoms with van der Waals surface area (Å²) in [5.74, 6) is 0.783. The molecule has 1 heterocycles. The molecule has 1 amide bonds. The van der Waals surface area contributed by atoms with Gasteiger partial charge in [-0.1, -0.05) is 12.8 Å². The van der Waals surface area contributed by atoms with E-state index in [1.54, 1.807) is 18.3 Å². The van der Waals surface area contributed by atoms with Crippen molar-refractivity contribution in [1.29, 1.82) is 0 Å². The fourth-order valence-corrected chi connectivity index (χ4v) is 1.66. The molecule has 2 rings (SSSR count). The van der Waals surface area contributed by atoms with Crippen molar-refractivity contribution in [2.24, 2.45) is 5.92 Å². The number of nitrogens with two attached hydrogens (primary N) is 1. The molecule has 1 saturated carbocycles. The smallest absolute Gasteiger partial charge is 0.269 e. The van der Waals surface area contributed by atoms with Crippen molar-refractivity contribution in [2.45, 2.75) is 25.7 Å². The predicted molar refractivity (Wildman–Crippen MR) is 62.9 cm³/mol. The highest BCUT2D eigenvalue weighted by Gasteiger charge is 2.20. The first-order chi connectivity index (χ1) is 7.75. The van der Waals surface area contributed by atoms with Crippen molar-refractivity contribution >= 4 is 11.6 Å². The van der Waals surface area contributed by atoms with Crippen molar-refractivity contribution in [3.8, 4) is 0 Å². The minimum absolute atomic E-state index is 0.136. The Bertz CT molecular complexity index is 374. The second kappa shape index (κ2) is 4.96. The van der Waals surface area contributed by atoms with Crippen molar-refractivity contribution in [2.75, 3.05) is 12.3 Å². The Morgan fingerprint density at radius 3 is 3.06 bits per heavy atom. The molecule has 0 spiro atoms. The molecule has 0 saturated heterocycles. The summed E-state index contributed by atoms with van der Waals surface area (Å²) in [6, 6.07) is 3.26. The molecule has 3 N–H and O–H groups in total. The maximum atomic E-state index is 11.6. The molecule has 1 aromatic rings. The molecule has 1 aliphatic carbocycles. The minimum atomic E-state index is -0.136. The summed E-state index contributed by atoms with van der Waals surface area (Å²) in [6.07, 6.45) is 6.56. The van der Waals surface area contributed by atoms with Crippen molar-refractivity contribution in [3.05, 3.63) is 24.0 Å². The first-order valence-corrected chi connectivity index (χ1v) is 5.75. The van der Waals surface area contributed by atoms with Crippen LogP contribution in [-0.4, -0.2) is 17.4 Å². The summed E-state index contributed by atoms with van der Waals surface area (Å²) in [6.45, 7) is 0.728. The minimum Gasteiger partial charge on any atom is -0.399 e. The van der Waals surface area contributed by atoms with Crippen LogP contribution in [-0.2, 0) is 0 Å². The number of hydrogen-bond donors (Lipinski definition) is 2. The van der Waals surface area contributed by atoms with Crippen LogP contribution >= 0.6 is 0 Å². The molecule has 1 aliphatic rings. The molecule has 4 nitrogen and oxygen atoms in total. The molecule has 1 aromatic heterocycles. The van der Waals surface area contributed by atoms with E-state index in [1.807, 2.05) is 0 Å². The van der Waals surface area contributed by atoms with Gasteiger partial charge in [-0.2, -0.15) is 0 Å². The molecular weight excluding hydrogens is 202 g/mol. The zero-order chi connectivity index (χ0) is 11.4. The molecule has 4 heteroatoms. The molecule has 0 bridgehead atoms. The van der Waals surface area contributed by atoms with Gasteiger partial charge in [0, 0.05) is 18.4 Å². The number of nitrogens with one attached hydrogen (secondary N) is 1. The Hall–Kier alpha value is -1.58. The summed E-state index contributed by atoms with van der Waals surface area (Å²) in [5, 5.41) is 2.85. The van der Waals surface area contributed by atoms with Gasteiger partial charge in [0.05, 0.1) is 0 Å². The molecule has 0 radical (unpaired) electrons. The van der Waals surface area contributed by atoms with E-state index >= 15 is 0 Å². The third-order valence-corrected chi connectivity index (χ3v) is 2.79. The van der Waals surface area contributed by atoms with Crippen LogP contribution in [0.4, 0.5) is 5.69 Å². The van der Waals surface area contributed by atoms with Crippen LogP contribution in [0.1, 0.15) is 36.2 Å². The Balaban J connectivity index is 1.73. The molecule has 0 unspecified atom stereocenters. The summed E-state index contributed by atoms with van der Waals surface area (Å²) in [4.78, 5) is 15.6. The third-order valence-electron chi connectivity index (χ3n) is 2.79. The van der Waals surface area contributed by atoms with E-state index in [4.69, 9.17) is 5.73 Å². The Kier molecular flexibility index (Phi) is 3.39. The lowest BCUT2D eigenvalue weighted by atomic mass is 10.2. The van der Waals surface area contributed by atoms with E-state index in [0.717, 1.165) is 18.9 Å². The molecule has 16 heavy (non-hydrogen) atoms. The fourth-order valence-electron chi connectivity index (χ4n) is 1.66. The number of carbonyl (C=O) groups excluding carboxylic acids is 1. The lowest BCUT2D eigenvalue weighted by Gasteiger charge is -2.04. The summed E-state index contributed by atoms with van der Waals surface area (Å²) >= 11 is 0. The van der Waals surface area contributed by atoms with Crippen LogP contribution in [0.2, 0.25) is 0 Å². The first kappa shape index (κ1) is 10.9. The van der Waals surface area contributed by atoms with Crippen LogP contribution in [0.25, 0.3) is 0 Å². The fraction of sp³-hybridized carbons (Fsp3) is 0.500. The van der Waals surface area contributed by atoms with Crippen LogP contribution in [0.15, 0.2) is 18.3 Å². The van der Waals surface area contributed by atoms with E-state index < -0.39 is 0 Å². The van der Waals surface area contributed by atoms with Gasteiger partial charge < -0.3 is 11.1 Å². The van der Waals surface area contributed by atoms with Crippen LogP contribution in [0.5, 0.6) is 0 Å². The largest absolute Gasteiger partial charge is 0.399 e. The van der Waals surface area contributed by atoms with E-state index in [0.29, 0.717) is 11.4 Å². The van der Waals surface area contributed by atoms with Gasteiger partial charge in [-0.25, -0.2) is 0 Å². The first-order valence-electron chi connectivity index (χ1n) is 5.75. The van der Waals surface area contributed by atoms with Gasteiger partial charge in [-0.05, 0) is 30.9 Å². The Morgan fingerprint density at radius 1 is 1.56 bits per heavy atom. The maximum absolute atomic E-state index is 11.6. The maximum Gasteiger partial charge on any atom is 0.269 e. The van der Waals surface area contributed by atoms with E-state index in [1.165, 1.54) is 19.3 Å². The standard InChI is InChI=1S/C12H17N3O/c13-10-5-7-14-11(8-10)12(16)15-6-1-2-9-3-4-9/h5,7-9H,1-4,6H2,(H2,13,14)(H,15,16). The number of nitrogens with zero attached hydrogens (tertiary/aromatic N) is 1. The predicted octanol–water partition coefficient (Wildman–Crippen LogP) is 1.58. The summed E-state index contributed by atoms with van der Waals surface area (Å²) in [7, 11) is 0.